The molecule has 0 amide bonds. The van der Waals surface area contributed by atoms with Crippen LogP contribution in [0.5, 0.6) is 0 Å². The molecule has 0 fully saturated rings. The molecule has 1 aromatic heterocycles. The average Bonchev–Trinajstić information content (AvgIpc) is 2.56. The molecule has 0 spiro atoms. The van der Waals surface area contributed by atoms with Crippen molar-refractivity contribution in [2.24, 2.45) is 5.84 Å². The molecule has 16 heavy (non-hydrogen) atoms. The Bertz CT molecular complexity index is 334. The Morgan fingerprint density at radius 2 is 2.19 bits per heavy atom. The Hall–Kier alpha value is -0.430. The van der Waals surface area contributed by atoms with E-state index in [-0.39, 0.29) is 6.04 Å². The number of nitrogens with one attached hydrogen (secondary N) is 1. The predicted octanol–water partition coefficient (Wildman–Crippen LogP) is 1.29. The quantitative estimate of drug-likeness (QED) is 0.634. The van der Waals surface area contributed by atoms with E-state index in [9.17, 15) is 0 Å². The van der Waals surface area contributed by atoms with Gasteiger partial charge < -0.3 is 4.90 Å². The standard InChI is InChI=1S/C10H20BrN5/c1-7(2)16-10(8(11)5-13-16)9(14-12)6-15(3)4/h5,7,9,14H,6,12H2,1-4H3. The molecule has 1 aromatic rings. The van der Waals surface area contributed by atoms with Crippen LogP contribution in [0.1, 0.15) is 31.6 Å². The summed E-state index contributed by atoms with van der Waals surface area (Å²) in [7, 11) is 4.04. The third-order valence-corrected chi connectivity index (χ3v) is 2.97. The second kappa shape index (κ2) is 5.77. The van der Waals surface area contributed by atoms with Crippen LogP contribution in [0.2, 0.25) is 0 Å². The Morgan fingerprint density at radius 1 is 1.56 bits per heavy atom. The Balaban J connectivity index is 3.03. The summed E-state index contributed by atoms with van der Waals surface area (Å²) in [5, 5.41) is 4.35. The largest absolute Gasteiger partial charge is 0.307 e. The molecule has 1 atom stereocenters. The molecule has 0 saturated heterocycles. The summed E-state index contributed by atoms with van der Waals surface area (Å²) < 4.78 is 2.98. The second-order valence-electron chi connectivity index (χ2n) is 4.40. The highest BCUT2D eigenvalue weighted by Gasteiger charge is 2.20. The van der Waals surface area contributed by atoms with Gasteiger partial charge in [0.1, 0.15) is 0 Å². The molecule has 0 aliphatic rings. The van der Waals surface area contributed by atoms with E-state index in [1.807, 2.05) is 25.0 Å². The maximum absolute atomic E-state index is 5.61. The van der Waals surface area contributed by atoms with Crippen molar-refractivity contribution in [1.29, 1.82) is 0 Å². The molecule has 6 heteroatoms. The van der Waals surface area contributed by atoms with Crippen molar-refractivity contribution in [3.8, 4) is 0 Å². The minimum Gasteiger partial charge on any atom is -0.307 e. The zero-order valence-corrected chi connectivity index (χ0v) is 11.8. The van der Waals surface area contributed by atoms with E-state index < -0.39 is 0 Å². The van der Waals surface area contributed by atoms with Crippen LogP contribution < -0.4 is 11.3 Å². The molecule has 3 N–H and O–H groups in total. The highest BCUT2D eigenvalue weighted by Crippen LogP contribution is 2.25. The molecular formula is C10H20BrN5. The average molecular weight is 290 g/mol. The van der Waals surface area contributed by atoms with Crippen LogP contribution in [0, 0.1) is 0 Å². The Labute approximate surface area is 105 Å². The van der Waals surface area contributed by atoms with E-state index in [0.29, 0.717) is 6.04 Å². The number of nitrogens with zero attached hydrogens (tertiary/aromatic N) is 3. The summed E-state index contributed by atoms with van der Waals surface area (Å²) >= 11 is 3.52. The maximum Gasteiger partial charge on any atom is 0.0767 e. The minimum absolute atomic E-state index is 0.0641. The normalized spacial score (nSPS) is 13.8. The molecule has 0 radical (unpaired) electrons. The van der Waals surface area contributed by atoms with Crippen molar-refractivity contribution < 1.29 is 0 Å². The first kappa shape index (κ1) is 13.6. The zero-order chi connectivity index (χ0) is 12.3. The smallest absolute Gasteiger partial charge is 0.0767 e. The van der Waals surface area contributed by atoms with E-state index in [1.165, 1.54) is 0 Å². The van der Waals surface area contributed by atoms with Crippen LogP contribution in [0.4, 0.5) is 0 Å². The monoisotopic (exact) mass is 289 g/mol. The van der Waals surface area contributed by atoms with Crippen molar-refractivity contribution in [3.63, 3.8) is 0 Å². The van der Waals surface area contributed by atoms with E-state index in [2.05, 4.69) is 45.2 Å². The summed E-state index contributed by atoms with van der Waals surface area (Å²) in [5.41, 5.74) is 3.93. The van der Waals surface area contributed by atoms with E-state index in [1.54, 1.807) is 0 Å². The lowest BCUT2D eigenvalue weighted by atomic mass is 10.2. The summed E-state index contributed by atoms with van der Waals surface area (Å²) in [4.78, 5) is 2.09. The fourth-order valence-corrected chi connectivity index (χ4v) is 2.22. The molecule has 0 aromatic carbocycles. The van der Waals surface area contributed by atoms with Gasteiger partial charge in [-0.2, -0.15) is 5.10 Å². The lowest BCUT2D eigenvalue weighted by Gasteiger charge is -2.23. The van der Waals surface area contributed by atoms with Gasteiger partial charge in [0.2, 0.25) is 0 Å². The first-order valence-corrected chi connectivity index (χ1v) is 6.10. The van der Waals surface area contributed by atoms with Crippen LogP contribution in [-0.2, 0) is 0 Å². The zero-order valence-electron chi connectivity index (χ0n) is 10.2. The van der Waals surface area contributed by atoms with Crippen LogP contribution in [-0.4, -0.2) is 35.3 Å². The highest BCUT2D eigenvalue weighted by molar-refractivity contribution is 9.10. The SMILES string of the molecule is CC(C)n1ncc(Br)c1C(CN(C)C)NN. The molecule has 0 bridgehead atoms. The lowest BCUT2D eigenvalue weighted by molar-refractivity contribution is 0.326. The molecule has 1 heterocycles. The van der Waals surface area contributed by atoms with Crippen LogP contribution in [0.25, 0.3) is 0 Å². The number of rotatable bonds is 5. The number of likely N-dealkylation sites (N-methyl/N-ethyl adjacent to an activating group) is 1. The summed E-state index contributed by atoms with van der Waals surface area (Å²) in [6.45, 7) is 5.03. The van der Waals surface area contributed by atoms with Gasteiger partial charge in [0.15, 0.2) is 0 Å². The topological polar surface area (TPSA) is 59.1 Å². The molecule has 0 aliphatic carbocycles. The summed E-state index contributed by atoms with van der Waals surface area (Å²) in [5.74, 6) is 5.61. The van der Waals surface area contributed by atoms with Gasteiger partial charge in [0.25, 0.3) is 0 Å². The fraction of sp³-hybridized carbons (Fsp3) is 0.700. The lowest BCUT2D eigenvalue weighted by Crippen LogP contribution is -2.37. The van der Waals surface area contributed by atoms with Gasteiger partial charge in [-0.05, 0) is 43.9 Å². The number of nitrogens with two attached hydrogens (primary N) is 1. The molecule has 0 saturated carbocycles. The van der Waals surface area contributed by atoms with Gasteiger partial charge in [0, 0.05) is 12.6 Å². The van der Waals surface area contributed by atoms with Crippen LogP contribution >= 0.6 is 15.9 Å². The van der Waals surface area contributed by atoms with E-state index in [4.69, 9.17) is 5.84 Å². The van der Waals surface area contributed by atoms with Crippen molar-refractivity contribution in [2.45, 2.75) is 25.9 Å². The minimum atomic E-state index is 0.0641. The number of hydrogen-bond donors (Lipinski definition) is 2. The highest BCUT2D eigenvalue weighted by atomic mass is 79.9. The third kappa shape index (κ3) is 3.04. The van der Waals surface area contributed by atoms with Gasteiger partial charge in [-0.1, -0.05) is 0 Å². The van der Waals surface area contributed by atoms with Gasteiger partial charge in [-0.15, -0.1) is 0 Å². The first-order valence-electron chi connectivity index (χ1n) is 5.31. The number of aromatic nitrogens is 2. The van der Waals surface area contributed by atoms with Gasteiger partial charge in [0.05, 0.1) is 22.4 Å². The van der Waals surface area contributed by atoms with E-state index in [0.717, 1.165) is 16.7 Å². The van der Waals surface area contributed by atoms with Gasteiger partial charge in [-0.3, -0.25) is 16.0 Å². The van der Waals surface area contributed by atoms with Gasteiger partial charge in [-0.25, -0.2) is 0 Å². The van der Waals surface area contributed by atoms with Crippen molar-refractivity contribution >= 4 is 15.9 Å². The van der Waals surface area contributed by atoms with Crippen LogP contribution in [0.15, 0.2) is 10.7 Å². The van der Waals surface area contributed by atoms with E-state index >= 15 is 0 Å². The molecule has 0 aliphatic heterocycles. The molecule has 5 nitrogen and oxygen atoms in total. The molecule has 1 rings (SSSR count). The molecule has 1 unspecified atom stereocenters. The number of hydrazine groups is 1. The maximum atomic E-state index is 5.61. The Kier molecular flexibility index (Phi) is 4.91. The summed E-state index contributed by atoms with van der Waals surface area (Å²) in [6, 6.07) is 0.383. The first-order chi connectivity index (χ1) is 7.47. The molecule has 92 valence electrons. The Morgan fingerprint density at radius 3 is 2.62 bits per heavy atom. The second-order valence-corrected chi connectivity index (χ2v) is 5.25. The van der Waals surface area contributed by atoms with Crippen molar-refractivity contribution in [3.05, 3.63) is 16.4 Å². The predicted molar refractivity (Wildman–Crippen MR) is 68.9 cm³/mol. The summed E-state index contributed by atoms with van der Waals surface area (Å²) in [6.07, 6.45) is 1.81. The fourth-order valence-electron chi connectivity index (χ4n) is 1.67. The van der Waals surface area contributed by atoms with Crippen molar-refractivity contribution in [2.75, 3.05) is 20.6 Å². The van der Waals surface area contributed by atoms with Crippen LogP contribution in [0.3, 0.4) is 0 Å². The number of hydrogen-bond acceptors (Lipinski definition) is 4. The third-order valence-electron chi connectivity index (χ3n) is 2.36. The van der Waals surface area contributed by atoms with Crippen molar-refractivity contribution in [1.82, 2.24) is 20.1 Å². The number of halogens is 1. The van der Waals surface area contributed by atoms with Gasteiger partial charge >= 0.3 is 0 Å². The molecular weight excluding hydrogens is 270 g/mol.